The van der Waals surface area contributed by atoms with Crippen LogP contribution in [0.4, 0.5) is 0 Å². The predicted molar refractivity (Wildman–Crippen MR) is 323 cm³/mol. The number of allylic oxidation sites excluding steroid dienone is 10. The molecule has 0 rings (SSSR count). The number of aliphatic hydroxyl groups is 1. The standard InChI is InChI=1S/C65H123N2O6P/c1-6-8-10-12-14-16-18-19-20-21-22-23-24-25-26-27-28-29-30-31-32-33-34-35-36-37-38-39-40-41-42-43-44-45-46-47-49-51-53-55-57-59-65(69)66-63(62-73-74(70,71)72-61-60-67(3,4)5)64(68)58-56-54-52-50-48-17-15-13-11-9-7-2/h8,10,14,16,19-20,22-23,25-26,63-64,68H,6-7,9,11-13,15,17-18,21,24,27-62H2,1-5H3,(H-,66,69,70,71)/p+1/b10-8-,16-14-,20-19-,23-22-,26-25-. The fraction of sp³-hybridized carbons (Fsp3) is 0.831. The Hall–Kier alpha value is -1.80. The Morgan fingerprint density at radius 3 is 1.19 bits per heavy atom. The highest BCUT2D eigenvalue weighted by atomic mass is 31.2. The number of rotatable bonds is 58. The molecule has 0 saturated heterocycles. The lowest BCUT2D eigenvalue weighted by Gasteiger charge is -2.26. The first-order valence-corrected chi connectivity index (χ1v) is 33.1. The molecule has 9 heteroatoms. The highest BCUT2D eigenvalue weighted by molar-refractivity contribution is 7.47. The monoisotopic (exact) mass is 1060 g/mol. The first kappa shape index (κ1) is 72.2. The van der Waals surface area contributed by atoms with Gasteiger partial charge >= 0.3 is 7.82 Å². The maximum absolute atomic E-state index is 13.0. The van der Waals surface area contributed by atoms with Crippen molar-refractivity contribution in [3.05, 3.63) is 60.8 Å². The number of unbranched alkanes of at least 4 members (excludes halogenated alkanes) is 35. The van der Waals surface area contributed by atoms with Crippen molar-refractivity contribution < 1.29 is 32.9 Å². The molecule has 1 amide bonds. The molecule has 0 aromatic rings. The summed E-state index contributed by atoms with van der Waals surface area (Å²) in [5, 5.41) is 14.0. The Balaban J connectivity index is 3.80. The van der Waals surface area contributed by atoms with Crippen LogP contribution >= 0.6 is 7.82 Å². The van der Waals surface area contributed by atoms with Crippen molar-refractivity contribution in [3.8, 4) is 0 Å². The number of hydrogen-bond donors (Lipinski definition) is 3. The molecule has 8 nitrogen and oxygen atoms in total. The van der Waals surface area contributed by atoms with E-state index in [4.69, 9.17) is 9.05 Å². The van der Waals surface area contributed by atoms with Gasteiger partial charge in [0.25, 0.3) is 0 Å². The summed E-state index contributed by atoms with van der Waals surface area (Å²) in [5.74, 6) is -0.141. The molecular weight excluding hydrogens is 936 g/mol. The van der Waals surface area contributed by atoms with E-state index in [0.29, 0.717) is 23.9 Å². The Kier molecular flexibility index (Phi) is 54.6. The molecule has 0 aliphatic rings. The quantitative estimate of drug-likeness (QED) is 0.0243. The molecule has 434 valence electrons. The topological polar surface area (TPSA) is 105 Å². The molecule has 3 atom stereocenters. The van der Waals surface area contributed by atoms with Gasteiger partial charge in [-0.1, -0.05) is 293 Å². The Morgan fingerprint density at radius 2 is 0.811 bits per heavy atom. The lowest BCUT2D eigenvalue weighted by molar-refractivity contribution is -0.870. The van der Waals surface area contributed by atoms with E-state index in [0.717, 1.165) is 70.6 Å². The van der Waals surface area contributed by atoms with E-state index in [9.17, 15) is 19.4 Å². The number of amides is 1. The molecule has 0 aromatic heterocycles. The number of phosphoric acid groups is 1. The average molecular weight is 1060 g/mol. The maximum Gasteiger partial charge on any atom is 0.472 e. The zero-order chi connectivity index (χ0) is 54.2. The second-order valence-electron chi connectivity index (χ2n) is 22.8. The molecule has 0 aromatic carbocycles. The second kappa shape index (κ2) is 55.9. The van der Waals surface area contributed by atoms with Gasteiger partial charge in [-0.05, 0) is 57.8 Å². The normalized spacial score (nSPS) is 14.2. The number of aliphatic hydroxyl groups excluding tert-OH is 1. The van der Waals surface area contributed by atoms with Gasteiger partial charge in [0.1, 0.15) is 13.2 Å². The van der Waals surface area contributed by atoms with E-state index < -0.39 is 20.0 Å². The van der Waals surface area contributed by atoms with E-state index in [-0.39, 0.29) is 19.1 Å². The first-order chi connectivity index (χ1) is 36.0. The highest BCUT2D eigenvalue weighted by Gasteiger charge is 2.28. The Bertz CT molecular complexity index is 1390. The van der Waals surface area contributed by atoms with Gasteiger partial charge < -0.3 is 19.8 Å². The van der Waals surface area contributed by atoms with Gasteiger partial charge in [-0.3, -0.25) is 13.8 Å². The van der Waals surface area contributed by atoms with Crippen molar-refractivity contribution in [1.29, 1.82) is 0 Å². The van der Waals surface area contributed by atoms with Crippen LogP contribution in [0.5, 0.6) is 0 Å². The van der Waals surface area contributed by atoms with Crippen LogP contribution in [-0.4, -0.2) is 73.4 Å². The van der Waals surface area contributed by atoms with Crippen LogP contribution in [0.1, 0.15) is 296 Å². The molecule has 0 heterocycles. The van der Waals surface area contributed by atoms with Crippen LogP contribution in [0.25, 0.3) is 0 Å². The summed E-state index contributed by atoms with van der Waals surface area (Å²) in [4.78, 5) is 23.3. The van der Waals surface area contributed by atoms with Crippen LogP contribution in [0.3, 0.4) is 0 Å². The van der Waals surface area contributed by atoms with Crippen molar-refractivity contribution in [2.45, 2.75) is 309 Å². The summed E-state index contributed by atoms with van der Waals surface area (Å²) in [7, 11) is 1.62. The minimum absolute atomic E-state index is 0.0759. The minimum Gasteiger partial charge on any atom is -0.391 e. The number of carbonyl (C=O) groups excluding carboxylic acids is 1. The summed E-state index contributed by atoms with van der Waals surface area (Å²) < 4.78 is 23.7. The summed E-state index contributed by atoms with van der Waals surface area (Å²) >= 11 is 0. The molecular formula is C65H124N2O6P+. The van der Waals surface area contributed by atoms with Gasteiger partial charge in [0, 0.05) is 6.42 Å². The SMILES string of the molecule is CC/C=C\C/C=C\C/C=C\C/C=C\C/C=C\CCCCCCCCCCCCCCCCCCCCCCCCCCCC(=O)NC(COP(=O)(O)OCC[N+](C)(C)C)C(O)CCCCCCCCCCCCC. The summed E-state index contributed by atoms with van der Waals surface area (Å²) in [6.45, 7) is 4.78. The molecule has 0 spiro atoms. The van der Waals surface area contributed by atoms with Crippen LogP contribution in [0, 0.1) is 0 Å². The minimum atomic E-state index is -4.32. The summed E-state index contributed by atoms with van der Waals surface area (Å²) in [6, 6.07) is -0.758. The van der Waals surface area contributed by atoms with Crippen LogP contribution in [0.2, 0.25) is 0 Å². The number of nitrogens with zero attached hydrogens (tertiary/aromatic N) is 1. The van der Waals surface area contributed by atoms with Crippen molar-refractivity contribution in [2.75, 3.05) is 40.9 Å². The number of likely N-dealkylation sites (N-methyl/N-ethyl adjacent to an activating group) is 1. The van der Waals surface area contributed by atoms with Crippen LogP contribution < -0.4 is 5.32 Å². The Labute approximate surface area is 460 Å². The van der Waals surface area contributed by atoms with Crippen molar-refractivity contribution in [1.82, 2.24) is 5.32 Å². The van der Waals surface area contributed by atoms with E-state index in [2.05, 4.69) is 79.9 Å². The van der Waals surface area contributed by atoms with E-state index >= 15 is 0 Å². The Morgan fingerprint density at radius 1 is 0.473 bits per heavy atom. The maximum atomic E-state index is 13.0. The molecule has 0 aliphatic carbocycles. The molecule has 0 radical (unpaired) electrons. The van der Waals surface area contributed by atoms with Gasteiger partial charge in [0.05, 0.1) is 39.9 Å². The third-order valence-electron chi connectivity index (χ3n) is 14.3. The molecule has 0 bridgehead atoms. The predicted octanol–water partition coefficient (Wildman–Crippen LogP) is 19.7. The van der Waals surface area contributed by atoms with Gasteiger partial charge in [0.2, 0.25) is 5.91 Å². The molecule has 74 heavy (non-hydrogen) atoms. The van der Waals surface area contributed by atoms with Crippen molar-refractivity contribution in [2.24, 2.45) is 0 Å². The molecule has 3 N–H and O–H groups in total. The van der Waals surface area contributed by atoms with Gasteiger partial charge in [0.15, 0.2) is 0 Å². The van der Waals surface area contributed by atoms with Crippen molar-refractivity contribution >= 4 is 13.7 Å². The summed E-state index contributed by atoms with van der Waals surface area (Å²) in [5.41, 5.74) is 0. The second-order valence-corrected chi connectivity index (χ2v) is 24.2. The average Bonchev–Trinajstić information content (AvgIpc) is 3.36. The number of quaternary nitrogens is 1. The van der Waals surface area contributed by atoms with E-state index in [1.54, 1.807) is 0 Å². The van der Waals surface area contributed by atoms with Crippen LogP contribution in [-0.2, 0) is 18.4 Å². The van der Waals surface area contributed by atoms with Gasteiger partial charge in [-0.25, -0.2) is 4.57 Å². The molecule has 0 saturated carbocycles. The van der Waals surface area contributed by atoms with Crippen LogP contribution in [0.15, 0.2) is 60.8 Å². The summed E-state index contributed by atoms with van der Waals surface area (Å²) in [6.07, 6.45) is 76.1. The highest BCUT2D eigenvalue weighted by Crippen LogP contribution is 2.43. The first-order valence-electron chi connectivity index (χ1n) is 31.7. The lowest BCUT2D eigenvalue weighted by atomic mass is 10.0. The van der Waals surface area contributed by atoms with Crippen molar-refractivity contribution in [3.63, 3.8) is 0 Å². The van der Waals surface area contributed by atoms with Gasteiger partial charge in [-0.2, -0.15) is 0 Å². The largest absolute Gasteiger partial charge is 0.472 e. The third-order valence-corrected chi connectivity index (χ3v) is 15.3. The fourth-order valence-corrected chi connectivity index (χ4v) is 10.1. The van der Waals surface area contributed by atoms with Gasteiger partial charge in [-0.15, -0.1) is 0 Å². The number of phosphoric ester groups is 1. The third kappa shape index (κ3) is 57.9. The molecule has 0 fully saturated rings. The number of nitrogens with one attached hydrogen (secondary N) is 1. The van der Waals surface area contributed by atoms with E-state index in [1.807, 2.05) is 21.1 Å². The zero-order valence-electron chi connectivity index (χ0n) is 49.6. The van der Waals surface area contributed by atoms with E-state index in [1.165, 1.54) is 199 Å². The molecule has 0 aliphatic heterocycles. The zero-order valence-corrected chi connectivity index (χ0v) is 50.5. The smallest absolute Gasteiger partial charge is 0.391 e. The lowest BCUT2D eigenvalue weighted by Crippen LogP contribution is -2.46. The number of hydrogen-bond acceptors (Lipinski definition) is 5. The fourth-order valence-electron chi connectivity index (χ4n) is 9.37. The number of carbonyl (C=O) groups is 1. The molecule has 3 unspecified atom stereocenters.